The van der Waals surface area contributed by atoms with Gasteiger partial charge >= 0.3 is 0 Å². The Labute approximate surface area is 167 Å². The van der Waals surface area contributed by atoms with Crippen LogP contribution in [-0.4, -0.2) is 30.9 Å². The van der Waals surface area contributed by atoms with E-state index in [1.54, 1.807) is 19.1 Å². The topological polar surface area (TPSA) is 72.8 Å². The lowest BCUT2D eigenvalue weighted by molar-refractivity contribution is -0.119. The van der Waals surface area contributed by atoms with Crippen LogP contribution in [0.4, 0.5) is 0 Å². The number of Topliss-reactive ketones (excluding diaryl/α,β-unsaturated/α-hetero) is 2. The third-order valence-corrected chi connectivity index (χ3v) is 4.98. The van der Waals surface area contributed by atoms with E-state index in [4.69, 9.17) is 9.47 Å². The maximum absolute atomic E-state index is 13.2. The van der Waals surface area contributed by atoms with Gasteiger partial charge in [-0.15, -0.1) is 0 Å². The molecule has 1 aromatic carbocycles. The number of allylic oxidation sites excluding steroid dienone is 2. The summed E-state index contributed by atoms with van der Waals surface area (Å²) < 4.78 is 10.3. The van der Waals surface area contributed by atoms with Crippen molar-refractivity contribution in [3.8, 4) is 5.75 Å². The Morgan fingerprint density at radius 2 is 1.18 bits per heavy atom. The van der Waals surface area contributed by atoms with Crippen LogP contribution in [0, 0.1) is 0 Å². The summed E-state index contributed by atoms with van der Waals surface area (Å²) >= 11 is 0. The van der Waals surface area contributed by atoms with Gasteiger partial charge in [0, 0.05) is 22.3 Å². The van der Waals surface area contributed by atoms with Crippen molar-refractivity contribution in [2.45, 2.75) is 59.3 Å². The van der Waals surface area contributed by atoms with E-state index < -0.39 is 5.78 Å². The second kappa shape index (κ2) is 7.12. The molecule has 1 aliphatic carbocycles. The molecule has 0 fully saturated rings. The minimum atomic E-state index is -0.401. The summed E-state index contributed by atoms with van der Waals surface area (Å²) in [5.41, 5.74) is 1.90. The molecule has 0 saturated heterocycles. The fraction of sp³-hybridized carbons (Fsp3) is 0.478. The molecule has 28 heavy (non-hydrogen) atoms. The highest BCUT2D eigenvalue weighted by atomic mass is 16.5. The number of carbonyl (C=O) groups is 2. The number of benzene rings is 1. The van der Waals surface area contributed by atoms with Gasteiger partial charge in [-0.25, -0.2) is 0 Å². The zero-order chi connectivity index (χ0) is 21.6. The highest BCUT2D eigenvalue weighted by Gasteiger charge is 2.37. The van der Waals surface area contributed by atoms with Gasteiger partial charge < -0.3 is 14.6 Å². The molecule has 1 aliphatic rings. The third-order valence-electron chi connectivity index (χ3n) is 4.98. The van der Waals surface area contributed by atoms with Crippen LogP contribution in [0.2, 0.25) is 0 Å². The van der Waals surface area contributed by atoms with Gasteiger partial charge in [-0.1, -0.05) is 41.5 Å². The second-order valence-electron chi connectivity index (χ2n) is 9.14. The zero-order valence-electron chi connectivity index (χ0n) is 18.2. The van der Waals surface area contributed by atoms with Gasteiger partial charge in [0.25, 0.3) is 0 Å². The van der Waals surface area contributed by atoms with E-state index in [0.29, 0.717) is 11.1 Å². The molecule has 0 aromatic heterocycles. The van der Waals surface area contributed by atoms with Crippen molar-refractivity contribution in [2.24, 2.45) is 0 Å². The Morgan fingerprint density at radius 1 is 0.786 bits per heavy atom. The van der Waals surface area contributed by atoms with E-state index in [1.807, 2.05) is 41.5 Å². The number of ketones is 2. The van der Waals surface area contributed by atoms with E-state index in [9.17, 15) is 14.7 Å². The van der Waals surface area contributed by atoms with Gasteiger partial charge in [0.05, 0.1) is 14.2 Å². The number of phenols is 1. The summed E-state index contributed by atoms with van der Waals surface area (Å²) in [7, 11) is 2.68. The summed E-state index contributed by atoms with van der Waals surface area (Å²) in [6, 6.07) is 3.58. The predicted octanol–water partition coefficient (Wildman–Crippen LogP) is 4.42. The summed E-state index contributed by atoms with van der Waals surface area (Å²) in [5, 5.41) is 10.9. The molecule has 0 heterocycles. The molecule has 0 bridgehead atoms. The Kier molecular flexibility index (Phi) is 5.52. The Morgan fingerprint density at radius 3 is 1.54 bits per heavy atom. The average Bonchev–Trinajstić information content (AvgIpc) is 2.56. The number of ether oxygens (including phenoxy) is 2. The maximum atomic E-state index is 13.2. The molecule has 0 radical (unpaired) electrons. The summed E-state index contributed by atoms with van der Waals surface area (Å²) in [4.78, 5) is 25.9. The molecule has 1 aromatic rings. The predicted molar refractivity (Wildman–Crippen MR) is 109 cm³/mol. The Balaban J connectivity index is 2.86. The zero-order valence-corrected chi connectivity index (χ0v) is 18.2. The first-order chi connectivity index (χ1) is 12.8. The number of phenolic OH excluding ortho intramolecular Hbond substituents is 1. The molecule has 0 spiro atoms. The number of hydrogen-bond acceptors (Lipinski definition) is 5. The molecule has 5 nitrogen and oxygen atoms in total. The van der Waals surface area contributed by atoms with Crippen molar-refractivity contribution in [2.75, 3.05) is 14.2 Å². The van der Waals surface area contributed by atoms with Crippen LogP contribution in [0.15, 0.2) is 29.2 Å². The van der Waals surface area contributed by atoms with Crippen molar-refractivity contribution in [3.05, 3.63) is 45.9 Å². The lowest BCUT2D eigenvalue weighted by Crippen LogP contribution is -2.25. The van der Waals surface area contributed by atoms with Crippen LogP contribution < -0.4 is 0 Å². The van der Waals surface area contributed by atoms with E-state index in [-0.39, 0.29) is 39.5 Å². The highest BCUT2D eigenvalue weighted by molar-refractivity contribution is 6.38. The number of rotatable bonds is 3. The monoisotopic (exact) mass is 386 g/mol. The Hall–Kier alpha value is -2.56. The van der Waals surface area contributed by atoms with Gasteiger partial charge in [-0.05, 0) is 35.4 Å². The number of hydrogen-bond donors (Lipinski definition) is 1. The van der Waals surface area contributed by atoms with E-state index in [2.05, 4.69) is 0 Å². The molecule has 0 amide bonds. The first-order valence-electron chi connectivity index (χ1n) is 9.26. The van der Waals surface area contributed by atoms with Crippen molar-refractivity contribution < 1.29 is 24.2 Å². The highest BCUT2D eigenvalue weighted by Crippen LogP contribution is 2.42. The Bertz CT molecular complexity index is 867. The first-order valence-corrected chi connectivity index (χ1v) is 9.26. The van der Waals surface area contributed by atoms with E-state index in [1.165, 1.54) is 14.2 Å². The average molecular weight is 386 g/mol. The van der Waals surface area contributed by atoms with Gasteiger partial charge in [0.15, 0.2) is 0 Å². The second-order valence-corrected chi connectivity index (χ2v) is 9.14. The molecule has 0 atom stereocenters. The standard InChI is InChI=1S/C23H30O5/c1-12-16(19(26)21(28-9)20(27-8)17(12)24)13-10-14(22(2,3)4)18(25)15(11-13)23(5,6)7/h10-11,25H,1-9H3. The molecule has 0 unspecified atom stereocenters. The molecule has 1 N–H and O–H groups in total. The molecule has 2 rings (SSSR count). The van der Waals surface area contributed by atoms with E-state index in [0.717, 1.165) is 11.1 Å². The molecular weight excluding hydrogens is 356 g/mol. The quantitative estimate of drug-likeness (QED) is 0.779. The van der Waals surface area contributed by atoms with Gasteiger partial charge in [-0.2, -0.15) is 0 Å². The summed E-state index contributed by atoms with van der Waals surface area (Å²) in [5.74, 6) is -0.745. The number of aromatic hydroxyl groups is 1. The van der Waals surface area contributed by atoms with Crippen LogP contribution in [0.25, 0.3) is 5.57 Å². The fourth-order valence-corrected chi connectivity index (χ4v) is 3.41. The SMILES string of the molecule is COC1=C(OC)C(=O)C(c2cc(C(C)(C)C)c(O)c(C(C)(C)C)c2)=C(C)C1=O. The van der Waals surface area contributed by atoms with Crippen molar-refractivity contribution in [3.63, 3.8) is 0 Å². The largest absolute Gasteiger partial charge is 0.507 e. The lowest BCUT2D eigenvalue weighted by Gasteiger charge is -2.29. The van der Waals surface area contributed by atoms with Crippen LogP contribution in [0.3, 0.4) is 0 Å². The first kappa shape index (κ1) is 21.7. The van der Waals surface area contributed by atoms with Crippen LogP contribution in [0.1, 0.15) is 65.2 Å². The number of carbonyl (C=O) groups excluding carboxylic acids is 2. The van der Waals surface area contributed by atoms with Crippen molar-refractivity contribution >= 4 is 17.1 Å². The smallest absolute Gasteiger partial charge is 0.232 e. The van der Waals surface area contributed by atoms with Gasteiger partial charge in [-0.3, -0.25) is 9.59 Å². The van der Waals surface area contributed by atoms with Crippen LogP contribution in [-0.2, 0) is 29.9 Å². The molecule has 5 heteroatoms. The molecule has 0 saturated carbocycles. The van der Waals surface area contributed by atoms with E-state index >= 15 is 0 Å². The van der Waals surface area contributed by atoms with Crippen molar-refractivity contribution in [1.29, 1.82) is 0 Å². The summed E-state index contributed by atoms with van der Waals surface area (Å²) in [6.45, 7) is 13.6. The minimum absolute atomic E-state index is 0.0837. The summed E-state index contributed by atoms with van der Waals surface area (Å²) in [6.07, 6.45) is 0. The maximum Gasteiger partial charge on any atom is 0.232 e. The third kappa shape index (κ3) is 3.58. The minimum Gasteiger partial charge on any atom is -0.507 e. The van der Waals surface area contributed by atoms with Crippen molar-refractivity contribution in [1.82, 2.24) is 0 Å². The van der Waals surface area contributed by atoms with Gasteiger partial charge in [0.1, 0.15) is 5.75 Å². The number of methoxy groups -OCH3 is 2. The fourth-order valence-electron chi connectivity index (χ4n) is 3.41. The molecular formula is C23H30O5. The van der Waals surface area contributed by atoms with Gasteiger partial charge in [0.2, 0.25) is 23.1 Å². The van der Waals surface area contributed by atoms with Crippen LogP contribution in [0.5, 0.6) is 5.75 Å². The molecule has 0 aliphatic heterocycles. The van der Waals surface area contributed by atoms with Crippen LogP contribution >= 0.6 is 0 Å². The normalized spacial score (nSPS) is 16.0. The lowest BCUT2D eigenvalue weighted by atomic mass is 9.76. The molecule has 152 valence electrons.